The van der Waals surface area contributed by atoms with Gasteiger partial charge in [-0.3, -0.25) is 0 Å². The number of nitrogens with zero attached hydrogens (tertiary/aromatic N) is 1. The highest BCUT2D eigenvalue weighted by atomic mass is 35.5. The molecule has 0 aliphatic heterocycles. The smallest absolute Gasteiger partial charge is 0.0515 e. The Labute approximate surface area is 126 Å². The zero-order valence-electron chi connectivity index (χ0n) is 13.6. The maximum atomic E-state index is 6.38. The largest absolute Gasteiger partial charge is 0.304 e. The number of hydrogen-bond donors (Lipinski definition) is 0. The minimum atomic E-state index is -0.112. The summed E-state index contributed by atoms with van der Waals surface area (Å²) in [4.78, 5) is 2.26. The van der Waals surface area contributed by atoms with Gasteiger partial charge in [-0.2, -0.15) is 0 Å². The Morgan fingerprint density at radius 3 is 1.58 bits per heavy atom. The lowest BCUT2D eigenvalue weighted by Gasteiger charge is -2.23. The van der Waals surface area contributed by atoms with Gasteiger partial charge in [-0.05, 0) is 38.9 Å². The highest BCUT2D eigenvalue weighted by molar-refractivity contribution is 6.24. The van der Waals surface area contributed by atoms with Crippen LogP contribution in [0.3, 0.4) is 0 Å². The summed E-state index contributed by atoms with van der Waals surface area (Å²) in [6, 6.07) is 0. The molecular weight excluding hydrogens is 254 g/mol. The molecule has 0 fully saturated rings. The highest BCUT2D eigenvalue weighted by Gasteiger charge is 2.22. The Hall–Kier alpha value is -0.270. The number of allylic oxidation sites excluding steroid dienone is 2. The maximum Gasteiger partial charge on any atom is 0.0515 e. The van der Waals surface area contributed by atoms with Gasteiger partial charge in [-0.25, -0.2) is 0 Å². The fourth-order valence-corrected chi connectivity index (χ4v) is 2.32. The van der Waals surface area contributed by atoms with Crippen LogP contribution in [0.15, 0.2) is 25.3 Å². The first kappa shape index (κ1) is 21.0. The van der Waals surface area contributed by atoms with Gasteiger partial charge in [0.15, 0.2) is 0 Å². The second-order valence-corrected chi connectivity index (χ2v) is 5.66. The van der Waals surface area contributed by atoms with Crippen LogP contribution in [-0.4, -0.2) is 29.4 Å². The molecule has 0 radical (unpaired) electrons. The van der Waals surface area contributed by atoms with Crippen molar-refractivity contribution < 1.29 is 0 Å². The fraction of sp³-hybridized carbons (Fsp3) is 0.765. The van der Waals surface area contributed by atoms with Crippen LogP contribution in [0, 0.1) is 0 Å². The fourth-order valence-electron chi connectivity index (χ4n) is 1.97. The Balaban J connectivity index is 0. The van der Waals surface area contributed by atoms with Gasteiger partial charge < -0.3 is 4.90 Å². The molecular formula is C17H34ClN. The average Bonchev–Trinajstić information content (AvgIpc) is 2.40. The number of alkyl halides is 1. The number of hydrogen-bond acceptors (Lipinski definition) is 1. The zero-order chi connectivity index (χ0) is 15.1. The van der Waals surface area contributed by atoms with Crippen molar-refractivity contribution in [2.75, 3.05) is 19.6 Å². The topological polar surface area (TPSA) is 3.24 Å². The molecule has 2 heteroatoms. The van der Waals surface area contributed by atoms with Crippen molar-refractivity contribution in [3.63, 3.8) is 0 Å². The molecule has 19 heavy (non-hydrogen) atoms. The summed E-state index contributed by atoms with van der Waals surface area (Å²) < 4.78 is 0. The monoisotopic (exact) mass is 287 g/mol. The van der Waals surface area contributed by atoms with Crippen LogP contribution in [0.2, 0.25) is 0 Å². The summed E-state index contributed by atoms with van der Waals surface area (Å²) in [5, 5.41) is 0. The van der Waals surface area contributed by atoms with E-state index in [9.17, 15) is 0 Å². The lowest BCUT2D eigenvalue weighted by molar-refractivity contribution is 0.321. The van der Waals surface area contributed by atoms with Gasteiger partial charge in [-0.15, -0.1) is 24.8 Å². The molecule has 0 atom stereocenters. The Morgan fingerprint density at radius 1 is 0.947 bits per heavy atom. The van der Waals surface area contributed by atoms with E-state index in [-0.39, 0.29) is 4.87 Å². The molecule has 0 bridgehead atoms. The molecule has 0 rings (SSSR count). The van der Waals surface area contributed by atoms with Gasteiger partial charge in [0.2, 0.25) is 0 Å². The van der Waals surface area contributed by atoms with Crippen molar-refractivity contribution >= 4 is 11.6 Å². The van der Waals surface area contributed by atoms with Gasteiger partial charge in [-0.1, -0.05) is 52.7 Å². The molecule has 0 aromatic carbocycles. The average molecular weight is 288 g/mol. The summed E-state index contributed by atoms with van der Waals surface area (Å²) >= 11 is 6.38. The number of halogens is 1. The Kier molecular flexibility index (Phi) is 15.7. The number of unbranched alkanes of at least 4 members (excludes halogenated alkanes) is 1. The highest BCUT2D eigenvalue weighted by Crippen LogP contribution is 2.31. The van der Waals surface area contributed by atoms with E-state index in [1.54, 1.807) is 0 Å². The van der Waals surface area contributed by atoms with E-state index in [1.165, 1.54) is 32.5 Å². The first-order chi connectivity index (χ1) is 9.03. The third-order valence-electron chi connectivity index (χ3n) is 3.34. The van der Waals surface area contributed by atoms with Crippen LogP contribution >= 0.6 is 11.6 Å². The summed E-state index contributed by atoms with van der Waals surface area (Å²) in [5.41, 5.74) is 0. The minimum Gasteiger partial charge on any atom is -0.304 e. The standard InChI is InChI=1S/C11H19Cl.C6H15N/c1-4-7-10-11(12,8-5-2)9-6-3;1-4-7(5-2)6-3/h5-6H,2-4,7-10H2,1H3;4-6H2,1-3H3. The number of rotatable bonds is 10. The van der Waals surface area contributed by atoms with Gasteiger partial charge in [0.05, 0.1) is 4.87 Å². The molecule has 114 valence electrons. The van der Waals surface area contributed by atoms with Crippen LogP contribution in [-0.2, 0) is 0 Å². The van der Waals surface area contributed by atoms with Crippen LogP contribution in [0.4, 0.5) is 0 Å². The third kappa shape index (κ3) is 12.5. The zero-order valence-corrected chi connectivity index (χ0v) is 14.3. The van der Waals surface area contributed by atoms with E-state index in [1.807, 2.05) is 12.2 Å². The molecule has 0 aliphatic rings. The molecule has 0 N–H and O–H groups in total. The normalized spacial score (nSPS) is 10.8. The molecule has 0 spiro atoms. The van der Waals surface area contributed by atoms with Crippen molar-refractivity contribution in [2.45, 2.75) is 64.7 Å². The summed E-state index contributed by atoms with van der Waals surface area (Å²) in [6.07, 6.45) is 8.98. The third-order valence-corrected chi connectivity index (χ3v) is 3.84. The van der Waals surface area contributed by atoms with Crippen molar-refractivity contribution in [1.82, 2.24) is 4.90 Å². The van der Waals surface area contributed by atoms with E-state index in [2.05, 4.69) is 45.8 Å². The first-order valence-corrected chi connectivity index (χ1v) is 8.04. The van der Waals surface area contributed by atoms with Gasteiger partial charge in [0, 0.05) is 0 Å². The van der Waals surface area contributed by atoms with E-state index in [0.29, 0.717) is 0 Å². The van der Waals surface area contributed by atoms with Crippen LogP contribution < -0.4 is 0 Å². The molecule has 0 aromatic rings. The van der Waals surface area contributed by atoms with Crippen LogP contribution in [0.1, 0.15) is 59.8 Å². The van der Waals surface area contributed by atoms with Crippen molar-refractivity contribution in [3.05, 3.63) is 25.3 Å². The predicted octanol–water partition coefficient (Wildman–Crippen LogP) is 5.65. The lowest BCUT2D eigenvalue weighted by atomic mass is 9.94. The van der Waals surface area contributed by atoms with Gasteiger partial charge in [0.25, 0.3) is 0 Å². The molecule has 0 saturated carbocycles. The summed E-state index contributed by atoms with van der Waals surface area (Å²) in [7, 11) is 0. The first-order valence-electron chi connectivity index (χ1n) is 7.66. The second-order valence-electron chi connectivity index (χ2n) is 4.86. The molecule has 1 nitrogen and oxygen atoms in total. The van der Waals surface area contributed by atoms with E-state index >= 15 is 0 Å². The van der Waals surface area contributed by atoms with Gasteiger partial charge >= 0.3 is 0 Å². The van der Waals surface area contributed by atoms with Gasteiger partial charge in [0.1, 0.15) is 0 Å². The minimum absolute atomic E-state index is 0.112. The molecule has 0 aliphatic carbocycles. The van der Waals surface area contributed by atoms with E-state index < -0.39 is 0 Å². The lowest BCUT2D eigenvalue weighted by Crippen LogP contribution is -2.21. The Bertz CT molecular complexity index is 194. The summed E-state index contributed by atoms with van der Waals surface area (Å²) in [5.74, 6) is 0. The summed E-state index contributed by atoms with van der Waals surface area (Å²) in [6.45, 7) is 19.7. The quantitative estimate of drug-likeness (QED) is 0.370. The van der Waals surface area contributed by atoms with Crippen molar-refractivity contribution in [2.24, 2.45) is 0 Å². The van der Waals surface area contributed by atoms with Crippen molar-refractivity contribution in [1.29, 1.82) is 0 Å². The molecule has 0 heterocycles. The van der Waals surface area contributed by atoms with Crippen LogP contribution in [0.25, 0.3) is 0 Å². The van der Waals surface area contributed by atoms with E-state index in [0.717, 1.165) is 19.3 Å². The van der Waals surface area contributed by atoms with Crippen LogP contribution in [0.5, 0.6) is 0 Å². The Morgan fingerprint density at radius 2 is 1.37 bits per heavy atom. The molecule has 0 saturated heterocycles. The SMILES string of the molecule is C=CCC(Cl)(CC=C)CCCC.CCN(CC)CC. The van der Waals surface area contributed by atoms with Crippen molar-refractivity contribution in [3.8, 4) is 0 Å². The maximum absolute atomic E-state index is 6.38. The predicted molar refractivity (Wildman–Crippen MR) is 91.2 cm³/mol. The second kappa shape index (κ2) is 14.1. The molecule has 0 aromatic heterocycles. The molecule has 0 amide bonds. The van der Waals surface area contributed by atoms with E-state index in [4.69, 9.17) is 11.6 Å². The molecule has 0 unspecified atom stereocenters.